The van der Waals surface area contributed by atoms with Crippen molar-refractivity contribution in [1.29, 1.82) is 15.8 Å². The summed E-state index contributed by atoms with van der Waals surface area (Å²) in [5, 5.41) is 33.7. The van der Waals surface area contributed by atoms with Gasteiger partial charge in [0.25, 0.3) is 0 Å². The standard InChI is InChI=1S/C15H10N6/c1-21-6-5-14(20-21)11-3-2-4-13(7-11)19-15(10-18)12(8-16)9-17/h2-7,19H,1H3. The molecule has 0 saturated carbocycles. The molecule has 100 valence electrons. The monoisotopic (exact) mass is 274 g/mol. The zero-order chi connectivity index (χ0) is 15.2. The summed E-state index contributed by atoms with van der Waals surface area (Å²) in [4.78, 5) is 0. The van der Waals surface area contributed by atoms with Gasteiger partial charge in [-0.1, -0.05) is 12.1 Å². The molecular weight excluding hydrogens is 264 g/mol. The molecule has 1 heterocycles. The maximum atomic E-state index is 9.02. The van der Waals surface area contributed by atoms with Gasteiger partial charge in [-0.2, -0.15) is 20.9 Å². The molecule has 0 bridgehead atoms. The van der Waals surface area contributed by atoms with Gasteiger partial charge in [0.1, 0.15) is 23.9 Å². The van der Waals surface area contributed by atoms with Crippen LogP contribution < -0.4 is 5.32 Å². The highest BCUT2D eigenvalue weighted by molar-refractivity contribution is 5.67. The van der Waals surface area contributed by atoms with E-state index in [0.29, 0.717) is 5.69 Å². The molecule has 0 aliphatic heterocycles. The predicted octanol–water partition coefficient (Wildman–Crippen LogP) is 2.32. The summed E-state index contributed by atoms with van der Waals surface area (Å²) in [5.41, 5.74) is 1.95. The van der Waals surface area contributed by atoms with Gasteiger partial charge in [-0.3, -0.25) is 4.68 Å². The van der Waals surface area contributed by atoms with Crippen molar-refractivity contribution < 1.29 is 0 Å². The number of anilines is 1. The second-order valence-corrected chi connectivity index (χ2v) is 4.17. The first-order valence-corrected chi connectivity index (χ1v) is 5.99. The van der Waals surface area contributed by atoms with Gasteiger partial charge >= 0.3 is 0 Å². The maximum Gasteiger partial charge on any atom is 0.163 e. The van der Waals surface area contributed by atoms with Crippen molar-refractivity contribution in [3.05, 3.63) is 47.8 Å². The van der Waals surface area contributed by atoms with Gasteiger partial charge in [0.15, 0.2) is 5.57 Å². The lowest BCUT2D eigenvalue weighted by Crippen LogP contribution is -2.00. The van der Waals surface area contributed by atoms with Crippen LogP contribution in [0.5, 0.6) is 0 Å². The summed E-state index contributed by atoms with van der Waals surface area (Å²) >= 11 is 0. The third-order valence-corrected chi connectivity index (χ3v) is 2.73. The van der Waals surface area contributed by atoms with Gasteiger partial charge in [0.2, 0.25) is 0 Å². The number of allylic oxidation sites excluding steroid dienone is 2. The summed E-state index contributed by atoms with van der Waals surface area (Å²) in [7, 11) is 1.83. The molecule has 2 aromatic rings. The van der Waals surface area contributed by atoms with Gasteiger partial charge < -0.3 is 5.32 Å². The Kier molecular flexibility index (Phi) is 4.00. The van der Waals surface area contributed by atoms with E-state index in [4.69, 9.17) is 15.8 Å². The molecule has 1 aromatic carbocycles. The van der Waals surface area contributed by atoms with Crippen molar-refractivity contribution >= 4 is 5.69 Å². The van der Waals surface area contributed by atoms with Crippen LogP contribution in [0.15, 0.2) is 47.8 Å². The minimum absolute atomic E-state index is 0.0711. The molecule has 0 fully saturated rings. The smallest absolute Gasteiger partial charge is 0.163 e. The first kappa shape index (κ1) is 13.9. The molecule has 0 aliphatic carbocycles. The van der Waals surface area contributed by atoms with Crippen LogP contribution in [0.1, 0.15) is 0 Å². The fourth-order valence-electron chi connectivity index (χ4n) is 1.75. The van der Waals surface area contributed by atoms with E-state index in [9.17, 15) is 0 Å². The van der Waals surface area contributed by atoms with E-state index in [-0.39, 0.29) is 11.3 Å². The Bertz CT molecular complexity index is 807. The van der Waals surface area contributed by atoms with E-state index >= 15 is 0 Å². The molecule has 0 aliphatic rings. The van der Waals surface area contributed by atoms with E-state index in [0.717, 1.165) is 11.3 Å². The van der Waals surface area contributed by atoms with Crippen LogP contribution in [0.3, 0.4) is 0 Å². The van der Waals surface area contributed by atoms with Gasteiger partial charge in [-0.15, -0.1) is 0 Å². The van der Waals surface area contributed by atoms with E-state index in [1.165, 1.54) is 0 Å². The third kappa shape index (κ3) is 3.07. The number of hydrogen-bond acceptors (Lipinski definition) is 5. The second-order valence-electron chi connectivity index (χ2n) is 4.17. The van der Waals surface area contributed by atoms with E-state index < -0.39 is 0 Å². The van der Waals surface area contributed by atoms with E-state index in [2.05, 4.69) is 10.4 Å². The maximum absolute atomic E-state index is 9.02. The number of rotatable bonds is 3. The molecule has 1 aromatic heterocycles. The number of nitriles is 3. The molecule has 2 rings (SSSR count). The van der Waals surface area contributed by atoms with Crippen LogP contribution in [0, 0.1) is 34.0 Å². The molecule has 6 nitrogen and oxygen atoms in total. The highest BCUT2D eigenvalue weighted by Crippen LogP contribution is 2.22. The highest BCUT2D eigenvalue weighted by Gasteiger charge is 2.07. The van der Waals surface area contributed by atoms with Gasteiger partial charge in [0, 0.05) is 24.5 Å². The second kappa shape index (κ2) is 6.06. The van der Waals surface area contributed by atoms with Gasteiger partial charge in [-0.05, 0) is 18.2 Å². The number of nitrogens with one attached hydrogen (secondary N) is 1. The topological polar surface area (TPSA) is 101 Å². The SMILES string of the molecule is Cn1ccc(-c2cccc(NC(C#N)=C(C#N)C#N)c2)n1. The van der Waals surface area contributed by atoms with Gasteiger partial charge in [0.05, 0.1) is 5.69 Å². The molecule has 0 atom stereocenters. The first-order valence-electron chi connectivity index (χ1n) is 5.99. The predicted molar refractivity (Wildman–Crippen MR) is 76.1 cm³/mol. The Morgan fingerprint density at radius 2 is 1.90 bits per heavy atom. The quantitative estimate of drug-likeness (QED) is 0.865. The average molecular weight is 274 g/mol. The molecule has 1 N–H and O–H groups in total. The van der Waals surface area contributed by atoms with Crippen molar-refractivity contribution in [2.45, 2.75) is 0 Å². The molecule has 21 heavy (non-hydrogen) atoms. The fourth-order valence-corrected chi connectivity index (χ4v) is 1.75. The summed E-state index contributed by atoms with van der Waals surface area (Å²) < 4.78 is 1.69. The lowest BCUT2D eigenvalue weighted by molar-refractivity contribution is 0.771. The van der Waals surface area contributed by atoms with Crippen molar-refractivity contribution in [3.8, 4) is 29.5 Å². The van der Waals surface area contributed by atoms with Crippen LogP contribution in [0.25, 0.3) is 11.3 Å². The molecule has 6 heteroatoms. The van der Waals surface area contributed by atoms with Crippen molar-refractivity contribution in [2.24, 2.45) is 7.05 Å². The Balaban J connectivity index is 2.36. The molecule has 0 radical (unpaired) electrons. The Morgan fingerprint density at radius 3 is 2.48 bits per heavy atom. The number of aromatic nitrogens is 2. The highest BCUT2D eigenvalue weighted by atomic mass is 15.2. The van der Waals surface area contributed by atoms with Crippen molar-refractivity contribution in [2.75, 3.05) is 5.32 Å². The van der Waals surface area contributed by atoms with Crippen LogP contribution in [-0.2, 0) is 7.05 Å². The van der Waals surface area contributed by atoms with E-state index in [1.54, 1.807) is 35.0 Å². The molecule has 0 amide bonds. The number of hydrogen-bond donors (Lipinski definition) is 1. The summed E-state index contributed by atoms with van der Waals surface area (Å²) in [6, 6.07) is 14.3. The summed E-state index contributed by atoms with van der Waals surface area (Å²) in [6.45, 7) is 0. The normalized spacial score (nSPS) is 9.05. The van der Waals surface area contributed by atoms with Crippen LogP contribution in [-0.4, -0.2) is 9.78 Å². The number of benzene rings is 1. The lowest BCUT2D eigenvalue weighted by Gasteiger charge is -2.06. The molecular formula is C15H10N6. The minimum Gasteiger partial charge on any atom is -0.345 e. The van der Waals surface area contributed by atoms with Crippen molar-refractivity contribution in [3.63, 3.8) is 0 Å². The van der Waals surface area contributed by atoms with Crippen LogP contribution in [0.4, 0.5) is 5.69 Å². The van der Waals surface area contributed by atoms with Crippen LogP contribution >= 0.6 is 0 Å². The molecule has 0 spiro atoms. The third-order valence-electron chi connectivity index (χ3n) is 2.73. The first-order chi connectivity index (χ1) is 10.2. The lowest BCUT2D eigenvalue weighted by atomic mass is 10.1. The van der Waals surface area contributed by atoms with Crippen molar-refractivity contribution in [1.82, 2.24) is 9.78 Å². The Morgan fingerprint density at radius 1 is 1.14 bits per heavy atom. The number of aryl methyl sites for hydroxylation is 1. The zero-order valence-corrected chi connectivity index (χ0v) is 11.2. The van der Waals surface area contributed by atoms with E-state index in [1.807, 2.05) is 31.4 Å². The number of nitrogens with zero attached hydrogens (tertiary/aromatic N) is 5. The molecule has 0 saturated heterocycles. The summed E-state index contributed by atoms with van der Waals surface area (Å²) in [6.07, 6.45) is 1.83. The Hall–Kier alpha value is -3.56. The minimum atomic E-state index is -0.249. The van der Waals surface area contributed by atoms with Gasteiger partial charge in [-0.25, -0.2) is 0 Å². The zero-order valence-electron chi connectivity index (χ0n) is 11.2. The molecule has 0 unspecified atom stereocenters. The largest absolute Gasteiger partial charge is 0.345 e. The summed E-state index contributed by atoms with van der Waals surface area (Å²) in [5.74, 6) is 0. The fraction of sp³-hybridized carbons (Fsp3) is 0.0667. The Labute approximate surface area is 121 Å². The average Bonchev–Trinajstić information content (AvgIpc) is 2.94. The van der Waals surface area contributed by atoms with Crippen LogP contribution in [0.2, 0.25) is 0 Å².